The molecule has 0 heterocycles. The highest BCUT2D eigenvalue weighted by Crippen LogP contribution is 2.15. The number of hydrogen-bond acceptors (Lipinski definition) is 7. The van der Waals surface area contributed by atoms with Gasteiger partial charge in [-0.3, -0.25) is 4.79 Å². The van der Waals surface area contributed by atoms with Gasteiger partial charge in [0.15, 0.2) is 9.84 Å². The molecule has 0 saturated heterocycles. The second kappa shape index (κ2) is 8.02. The Balaban J connectivity index is 2.54. The summed E-state index contributed by atoms with van der Waals surface area (Å²) in [7, 11) is -2.20. The van der Waals surface area contributed by atoms with E-state index in [-0.39, 0.29) is 10.6 Å². The molecule has 0 amide bonds. The molecule has 1 aromatic carbocycles. The molecule has 0 aliphatic heterocycles. The molecular formula is C13H16N2O4S2. The van der Waals surface area contributed by atoms with E-state index in [4.69, 9.17) is 11.0 Å². The van der Waals surface area contributed by atoms with Crippen LogP contribution in [-0.2, 0) is 19.4 Å². The highest BCUT2D eigenvalue weighted by atomic mass is 32.2. The number of carbonyl (C=O) groups excluding carboxylic acids is 1. The number of ether oxygens (including phenoxy) is 1. The van der Waals surface area contributed by atoms with Crippen molar-refractivity contribution in [3.63, 3.8) is 0 Å². The van der Waals surface area contributed by atoms with E-state index in [0.717, 1.165) is 0 Å². The van der Waals surface area contributed by atoms with Crippen LogP contribution < -0.4 is 5.73 Å². The van der Waals surface area contributed by atoms with Gasteiger partial charge in [0.05, 0.1) is 29.4 Å². The molecule has 0 radical (unpaired) electrons. The number of nitriles is 1. The van der Waals surface area contributed by atoms with Crippen LogP contribution in [0.2, 0.25) is 0 Å². The van der Waals surface area contributed by atoms with Crippen molar-refractivity contribution >= 4 is 27.6 Å². The number of sulfone groups is 1. The van der Waals surface area contributed by atoms with Crippen LogP contribution >= 0.6 is 11.8 Å². The van der Waals surface area contributed by atoms with Crippen molar-refractivity contribution in [1.82, 2.24) is 0 Å². The Labute approximate surface area is 128 Å². The van der Waals surface area contributed by atoms with Crippen molar-refractivity contribution < 1.29 is 17.9 Å². The first-order valence-electron chi connectivity index (χ1n) is 6.05. The topological polar surface area (TPSA) is 110 Å². The Hall–Kier alpha value is -1.56. The van der Waals surface area contributed by atoms with Crippen molar-refractivity contribution in [1.29, 1.82) is 5.26 Å². The van der Waals surface area contributed by atoms with E-state index in [1.165, 1.54) is 37.1 Å². The van der Waals surface area contributed by atoms with Crippen LogP contribution in [0.5, 0.6) is 0 Å². The molecule has 0 saturated carbocycles. The lowest BCUT2D eigenvalue weighted by Crippen LogP contribution is -2.34. The maximum Gasteiger partial charge on any atom is 0.323 e. The summed E-state index contributed by atoms with van der Waals surface area (Å²) in [4.78, 5) is 11.2. The van der Waals surface area contributed by atoms with E-state index in [1.807, 2.05) is 6.07 Å². The van der Waals surface area contributed by atoms with Crippen LogP contribution in [0.3, 0.4) is 0 Å². The van der Waals surface area contributed by atoms with Gasteiger partial charge in [-0.05, 0) is 18.2 Å². The van der Waals surface area contributed by atoms with E-state index in [1.54, 1.807) is 6.07 Å². The van der Waals surface area contributed by atoms with Gasteiger partial charge in [-0.2, -0.15) is 17.0 Å². The standard InChI is InChI=1S/C13H16N2O4S2/c1-19-13(16)12(15)9-20-5-6-21(17,18)11-4-2-3-10(7-11)8-14/h2-4,7,12H,5-6,9,15H2,1H3. The molecule has 6 nitrogen and oxygen atoms in total. The van der Waals surface area contributed by atoms with Gasteiger partial charge < -0.3 is 10.5 Å². The maximum absolute atomic E-state index is 12.1. The largest absolute Gasteiger partial charge is 0.468 e. The van der Waals surface area contributed by atoms with Gasteiger partial charge in [-0.15, -0.1) is 0 Å². The summed E-state index contributed by atoms with van der Waals surface area (Å²) in [6.07, 6.45) is 0. The van der Waals surface area contributed by atoms with Gasteiger partial charge in [0.25, 0.3) is 0 Å². The second-order valence-electron chi connectivity index (χ2n) is 4.16. The Bertz CT molecular complexity index is 638. The van der Waals surface area contributed by atoms with Gasteiger partial charge in [-0.1, -0.05) is 6.07 Å². The van der Waals surface area contributed by atoms with Gasteiger partial charge in [-0.25, -0.2) is 8.42 Å². The summed E-state index contributed by atoms with van der Waals surface area (Å²) in [6.45, 7) is 0. The number of nitrogens with two attached hydrogens (primary N) is 1. The number of methoxy groups -OCH3 is 1. The predicted molar refractivity (Wildman–Crippen MR) is 80.5 cm³/mol. The molecule has 0 spiro atoms. The highest BCUT2D eigenvalue weighted by Gasteiger charge is 2.17. The zero-order chi connectivity index (χ0) is 15.9. The molecule has 2 N–H and O–H groups in total. The quantitative estimate of drug-likeness (QED) is 0.575. The average Bonchev–Trinajstić information content (AvgIpc) is 2.50. The van der Waals surface area contributed by atoms with Crippen molar-refractivity contribution in [2.45, 2.75) is 10.9 Å². The number of esters is 1. The van der Waals surface area contributed by atoms with Crippen molar-refractivity contribution in [3.8, 4) is 6.07 Å². The first kappa shape index (κ1) is 17.5. The Kier molecular flexibility index (Phi) is 6.68. The van der Waals surface area contributed by atoms with E-state index < -0.39 is 21.8 Å². The second-order valence-corrected chi connectivity index (χ2v) is 7.42. The van der Waals surface area contributed by atoms with Gasteiger partial charge >= 0.3 is 5.97 Å². The van der Waals surface area contributed by atoms with E-state index in [9.17, 15) is 13.2 Å². The van der Waals surface area contributed by atoms with Gasteiger partial charge in [0.1, 0.15) is 6.04 Å². The van der Waals surface area contributed by atoms with Crippen molar-refractivity contribution in [3.05, 3.63) is 29.8 Å². The Morgan fingerprint density at radius 3 is 2.86 bits per heavy atom. The van der Waals surface area contributed by atoms with Crippen molar-refractivity contribution in [2.75, 3.05) is 24.4 Å². The number of hydrogen-bond donors (Lipinski definition) is 1. The molecule has 1 atom stereocenters. The Morgan fingerprint density at radius 2 is 2.24 bits per heavy atom. The average molecular weight is 328 g/mol. The maximum atomic E-state index is 12.1. The highest BCUT2D eigenvalue weighted by molar-refractivity contribution is 8.00. The molecule has 0 aliphatic rings. The van der Waals surface area contributed by atoms with E-state index in [2.05, 4.69) is 4.74 Å². The minimum Gasteiger partial charge on any atom is -0.468 e. The lowest BCUT2D eigenvalue weighted by atomic mass is 10.2. The molecule has 114 valence electrons. The first-order valence-corrected chi connectivity index (χ1v) is 8.85. The van der Waals surface area contributed by atoms with Gasteiger partial charge in [0, 0.05) is 11.5 Å². The minimum absolute atomic E-state index is 0.0829. The lowest BCUT2D eigenvalue weighted by Gasteiger charge is -2.09. The summed E-state index contributed by atoms with van der Waals surface area (Å²) in [5, 5.41) is 8.77. The number of thioether (sulfide) groups is 1. The van der Waals surface area contributed by atoms with Gasteiger partial charge in [0.2, 0.25) is 0 Å². The van der Waals surface area contributed by atoms with E-state index >= 15 is 0 Å². The zero-order valence-corrected chi connectivity index (χ0v) is 13.1. The molecule has 0 aromatic heterocycles. The van der Waals surface area contributed by atoms with Crippen LogP contribution in [0.1, 0.15) is 5.56 Å². The van der Waals surface area contributed by atoms with Crippen LogP contribution in [0, 0.1) is 11.3 Å². The molecule has 0 bridgehead atoms. The molecular weight excluding hydrogens is 312 g/mol. The molecule has 1 unspecified atom stereocenters. The first-order chi connectivity index (χ1) is 9.90. The van der Waals surface area contributed by atoms with Crippen LogP contribution in [0.25, 0.3) is 0 Å². The molecule has 0 aliphatic carbocycles. The normalized spacial score (nSPS) is 12.4. The molecule has 21 heavy (non-hydrogen) atoms. The summed E-state index contributed by atoms with van der Waals surface area (Å²) in [6, 6.07) is 7.03. The Morgan fingerprint density at radius 1 is 1.52 bits per heavy atom. The number of benzene rings is 1. The van der Waals surface area contributed by atoms with E-state index in [0.29, 0.717) is 17.1 Å². The fourth-order valence-electron chi connectivity index (χ4n) is 1.48. The van der Waals surface area contributed by atoms with Crippen LogP contribution in [0.4, 0.5) is 0 Å². The fourth-order valence-corrected chi connectivity index (χ4v) is 4.21. The summed E-state index contributed by atoms with van der Waals surface area (Å²) in [5.74, 6) is -0.00269. The zero-order valence-electron chi connectivity index (χ0n) is 11.5. The third-order valence-corrected chi connectivity index (χ3v) is 5.68. The minimum atomic E-state index is -3.45. The van der Waals surface area contributed by atoms with Crippen molar-refractivity contribution in [2.24, 2.45) is 5.73 Å². The fraction of sp³-hybridized carbons (Fsp3) is 0.385. The monoisotopic (exact) mass is 328 g/mol. The third-order valence-electron chi connectivity index (χ3n) is 2.62. The van der Waals surface area contributed by atoms with Crippen LogP contribution in [-0.4, -0.2) is 44.8 Å². The molecule has 8 heteroatoms. The number of nitrogens with zero attached hydrogens (tertiary/aromatic N) is 1. The summed E-state index contributed by atoms with van der Waals surface area (Å²) < 4.78 is 28.7. The molecule has 1 aromatic rings. The third kappa shape index (κ3) is 5.38. The lowest BCUT2D eigenvalue weighted by molar-refractivity contribution is -0.141. The predicted octanol–water partition coefficient (Wildman–Crippen LogP) is 0.565. The molecule has 1 rings (SSSR count). The molecule has 0 fully saturated rings. The summed E-state index contributed by atoms with van der Waals surface area (Å²) in [5.41, 5.74) is 5.85. The smallest absolute Gasteiger partial charge is 0.323 e. The number of carbonyl (C=O) groups is 1. The summed E-state index contributed by atoms with van der Waals surface area (Å²) >= 11 is 1.27. The SMILES string of the molecule is COC(=O)C(N)CSCCS(=O)(=O)c1cccc(C#N)c1. The number of rotatable bonds is 7. The van der Waals surface area contributed by atoms with Crippen LogP contribution in [0.15, 0.2) is 29.2 Å².